The Morgan fingerprint density at radius 2 is 1.61 bits per heavy atom. The maximum absolute atomic E-state index is 13.3. The highest BCUT2D eigenvalue weighted by Gasteiger charge is 2.22. The van der Waals surface area contributed by atoms with E-state index in [0.29, 0.717) is 13.1 Å². The first kappa shape index (κ1) is 26.1. The molecule has 1 aliphatic carbocycles. The SMILES string of the molecule is O=C(NCCCN1CCCC1)c1cn(Cc2ccccn2)cc(C(=O)NC2CCCCCCC2)c1=O. The molecule has 2 fully saturated rings. The minimum absolute atomic E-state index is 0.00239. The highest BCUT2D eigenvalue weighted by molar-refractivity contribution is 5.99. The summed E-state index contributed by atoms with van der Waals surface area (Å²) in [6.07, 6.45) is 15.7. The van der Waals surface area contributed by atoms with Crippen LogP contribution in [0.15, 0.2) is 41.6 Å². The van der Waals surface area contributed by atoms with E-state index in [0.717, 1.165) is 57.4 Å². The maximum atomic E-state index is 13.3. The number of aromatic nitrogens is 2. The molecule has 0 bridgehead atoms. The number of amides is 2. The van der Waals surface area contributed by atoms with Crippen molar-refractivity contribution in [2.24, 2.45) is 0 Å². The van der Waals surface area contributed by atoms with Gasteiger partial charge in [-0.2, -0.15) is 0 Å². The second-order valence-electron chi connectivity index (χ2n) is 10.1. The molecule has 0 radical (unpaired) electrons. The molecule has 2 aliphatic rings. The van der Waals surface area contributed by atoms with Gasteiger partial charge in [-0.05, 0) is 63.9 Å². The molecular weight excluding hydrogens is 454 g/mol. The molecule has 0 aromatic carbocycles. The highest BCUT2D eigenvalue weighted by Crippen LogP contribution is 2.17. The molecule has 4 rings (SSSR count). The number of rotatable bonds is 9. The summed E-state index contributed by atoms with van der Waals surface area (Å²) >= 11 is 0. The highest BCUT2D eigenvalue weighted by atomic mass is 16.2. The van der Waals surface area contributed by atoms with Crippen molar-refractivity contribution >= 4 is 11.8 Å². The predicted octanol–water partition coefficient (Wildman–Crippen LogP) is 3.35. The number of pyridine rings is 2. The smallest absolute Gasteiger partial charge is 0.256 e. The fourth-order valence-corrected chi connectivity index (χ4v) is 5.19. The Bertz CT molecular complexity index is 1050. The van der Waals surface area contributed by atoms with Gasteiger partial charge in [-0.25, -0.2) is 0 Å². The first-order valence-corrected chi connectivity index (χ1v) is 13.6. The second kappa shape index (κ2) is 13.3. The molecule has 2 aromatic heterocycles. The van der Waals surface area contributed by atoms with Crippen LogP contribution in [0.25, 0.3) is 0 Å². The first-order chi connectivity index (χ1) is 17.6. The molecule has 1 aliphatic heterocycles. The molecule has 2 N–H and O–H groups in total. The Kier molecular flexibility index (Phi) is 9.67. The van der Waals surface area contributed by atoms with Gasteiger partial charge in [0.25, 0.3) is 11.8 Å². The molecule has 3 heterocycles. The van der Waals surface area contributed by atoms with Crippen LogP contribution in [0.2, 0.25) is 0 Å². The summed E-state index contributed by atoms with van der Waals surface area (Å²) in [6, 6.07) is 5.67. The number of nitrogens with one attached hydrogen (secondary N) is 2. The molecule has 8 heteroatoms. The van der Waals surface area contributed by atoms with E-state index in [-0.39, 0.29) is 17.2 Å². The van der Waals surface area contributed by atoms with Crippen LogP contribution >= 0.6 is 0 Å². The zero-order valence-corrected chi connectivity index (χ0v) is 21.2. The summed E-state index contributed by atoms with van der Waals surface area (Å²) in [5.41, 5.74) is 0.271. The third kappa shape index (κ3) is 7.50. The fourth-order valence-electron chi connectivity index (χ4n) is 5.19. The van der Waals surface area contributed by atoms with E-state index in [4.69, 9.17) is 0 Å². The van der Waals surface area contributed by atoms with E-state index in [1.165, 1.54) is 32.1 Å². The van der Waals surface area contributed by atoms with Gasteiger partial charge in [0.15, 0.2) is 0 Å². The Labute approximate surface area is 213 Å². The van der Waals surface area contributed by atoms with Gasteiger partial charge in [0.05, 0.1) is 12.2 Å². The van der Waals surface area contributed by atoms with Gasteiger partial charge in [0.1, 0.15) is 11.1 Å². The van der Waals surface area contributed by atoms with E-state index in [1.54, 1.807) is 23.2 Å². The van der Waals surface area contributed by atoms with Crippen molar-refractivity contribution in [3.05, 3.63) is 63.8 Å². The molecule has 194 valence electrons. The van der Waals surface area contributed by atoms with E-state index in [9.17, 15) is 14.4 Å². The third-order valence-electron chi connectivity index (χ3n) is 7.21. The lowest BCUT2D eigenvalue weighted by Gasteiger charge is -2.21. The Hall–Kier alpha value is -3.00. The van der Waals surface area contributed by atoms with Crippen molar-refractivity contribution in [3.8, 4) is 0 Å². The number of likely N-dealkylation sites (tertiary alicyclic amines) is 1. The van der Waals surface area contributed by atoms with Crippen molar-refractivity contribution in [2.45, 2.75) is 76.8 Å². The lowest BCUT2D eigenvalue weighted by atomic mass is 9.96. The quantitative estimate of drug-likeness (QED) is 0.522. The van der Waals surface area contributed by atoms with Crippen molar-refractivity contribution in [2.75, 3.05) is 26.2 Å². The van der Waals surface area contributed by atoms with Crippen LogP contribution in [-0.2, 0) is 6.54 Å². The van der Waals surface area contributed by atoms with Gasteiger partial charge in [-0.3, -0.25) is 19.4 Å². The van der Waals surface area contributed by atoms with Crippen molar-refractivity contribution in [1.82, 2.24) is 25.1 Å². The number of hydrogen-bond acceptors (Lipinski definition) is 5. The van der Waals surface area contributed by atoms with Crippen LogP contribution < -0.4 is 16.1 Å². The van der Waals surface area contributed by atoms with Crippen LogP contribution in [-0.4, -0.2) is 58.5 Å². The largest absolute Gasteiger partial charge is 0.352 e. The van der Waals surface area contributed by atoms with Crippen LogP contribution in [0.1, 0.15) is 90.6 Å². The predicted molar refractivity (Wildman–Crippen MR) is 140 cm³/mol. The minimum Gasteiger partial charge on any atom is -0.352 e. The summed E-state index contributed by atoms with van der Waals surface area (Å²) in [6.45, 7) is 4.02. The lowest BCUT2D eigenvalue weighted by Crippen LogP contribution is -2.40. The standard InChI is InChI=1S/C28H39N5O3/c34-26-24(27(35)30-15-10-18-32-16-8-9-17-32)20-33(19-23-13-6-7-14-29-23)21-25(26)28(36)31-22-11-4-2-1-3-5-12-22/h6-7,13-14,20-22H,1-5,8-12,15-19H2,(H,30,35)(H,31,36). The average Bonchev–Trinajstić information content (AvgIpc) is 3.38. The fraction of sp³-hybridized carbons (Fsp3) is 0.571. The Morgan fingerprint density at radius 1 is 0.917 bits per heavy atom. The molecule has 2 aromatic rings. The Morgan fingerprint density at radius 3 is 2.31 bits per heavy atom. The maximum Gasteiger partial charge on any atom is 0.256 e. The molecule has 2 amide bonds. The van der Waals surface area contributed by atoms with E-state index >= 15 is 0 Å². The number of hydrogen-bond donors (Lipinski definition) is 2. The first-order valence-electron chi connectivity index (χ1n) is 13.6. The molecule has 8 nitrogen and oxygen atoms in total. The zero-order chi connectivity index (χ0) is 25.2. The van der Waals surface area contributed by atoms with Crippen LogP contribution in [0.5, 0.6) is 0 Å². The van der Waals surface area contributed by atoms with Crippen LogP contribution in [0, 0.1) is 0 Å². The average molecular weight is 494 g/mol. The molecule has 0 atom stereocenters. The summed E-state index contributed by atoms with van der Waals surface area (Å²) in [7, 11) is 0. The zero-order valence-electron chi connectivity index (χ0n) is 21.2. The lowest BCUT2D eigenvalue weighted by molar-refractivity contribution is 0.0928. The van der Waals surface area contributed by atoms with E-state index in [2.05, 4.69) is 20.5 Å². The van der Waals surface area contributed by atoms with Gasteiger partial charge >= 0.3 is 0 Å². The minimum atomic E-state index is -0.521. The molecule has 0 spiro atoms. The van der Waals surface area contributed by atoms with Gasteiger partial charge in [-0.15, -0.1) is 0 Å². The van der Waals surface area contributed by atoms with Gasteiger partial charge in [0, 0.05) is 31.2 Å². The summed E-state index contributed by atoms with van der Waals surface area (Å²) < 4.78 is 1.72. The van der Waals surface area contributed by atoms with Gasteiger partial charge < -0.3 is 20.1 Å². The Balaban J connectivity index is 1.49. The monoisotopic (exact) mass is 493 g/mol. The normalized spacial score (nSPS) is 17.3. The molecule has 1 saturated carbocycles. The molecule has 0 unspecified atom stereocenters. The van der Waals surface area contributed by atoms with Crippen LogP contribution in [0.4, 0.5) is 0 Å². The van der Waals surface area contributed by atoms with Crippen LogP contribution in [0.3, 0.4) is 0 Å². The van der Waals surface area contributed by atoms with E-state index in [1.807, 2.05) is 18.2 Å². The topological polar surface area (TPSA) is 96.3 Å². The second-order valence-corrected chi connectivity index (χ2v) is 10.1. The molecular formula is C28H39N5O3. The van der Waals surface area contributed by atoms with Crippen molar-refractivity contribution < 1.29 is 9.59 Å². The molecule has 1 saturated heterocycles. The van der Waals surface area contributed by atoms with Gasteiger partial charge in [0.2, 0.25) is 5.43 Å². The van der Waals surface area contributed by atoms with Crippen molar-refractivity contribution in [1.29, 1.82) is 0 Å². The number of carbonyl (C=O) groups is 2. The number of nitrogens with zero attached hydrogens (tertiary/aromatic N) is 3. The van der Waals surface area contributed by atoms with E-state index < -0.39 is 17.2 Å². The third-order valence-corrected chi connectivity index (χ3v) is 7.21. The summed E-state index contributed by atoms with van der Waals surface area (Å²) in [5, 5.41) is 5.97. The van der Waals surface area contributed by atoms with Crippen molar-refractivity contribution in [3.63, 3.8) is 0 Å². The number of carbonyl (C=O) groups excluding carboxylic acids is 2. The van der Waals surface area contributed by atoms with Gasteiger partial charge in [-0.1, -0.05) is 38.2 Å². The summed E-state index contributed by atoms with van der Waals surface area (Å²) in [5.74, 6) is -0.833. The molecule has 36 heavy (non-hydrogen) atoms. The summed E-state index contributed by atoms with van der Waals surface area (Å²) in [4.78, 5) is 46.3.